The highest BCUT2D eigenvalue weighted by Gasteiger charge is 2.48. The van der Waals surface area contributed by atoms with Crippen molar-refractivity contribution in [2.75, 3.05) is 13.1 Å². The topological polar surface area (TPSA) is 62.7 Å². The second-order valence-electron chi connectivity index (χ2n) is 7.59. The van der Waals surface area contributed by atoms with Gasteiger partial charge in [-0.25, -0.2) is 5.06 Å². The first-order valence-electron chi connectivity index (χ1n) is 9.83. The highest BCUT2D eigenvalue weighted by Crippen LogP contribution is 2.39. The minimum Gasteiger partial charge on any atom is -0.342 e. The van der Waals surface area contributed by atoms with E-state index in [4.69, 9.17) is 4.84 Å². The molecule has 0 saturated carbocycles. The number of amides is 2. The van der Waals surface area contributed by atoms with Gasteiger partial charge in [0.1, 0.15) is 6.61 Å². The Labute approximate surface area is 165 Å². The number of benzene rings is 1. The quantitative estimate of drug-likeness (QED) is 0.801. The predicted molar refractivity (Wildman–Crippen MR) is 104 cm³/mol. The molecule has 0 bridgehead atoms. The van der Waals surface area contributed by atoms with Crippen LogP contribution in [0.1, 0.15) is 36.8 Å². The number of rotatable bonds is 5. The molecule has 2 aliphatic rings. The van der Waals surface area contributed by atoms with Crippen LogP contribution in [0.25, 0.3) is 0 Å². The summed E-state index contributed by atoms with van der Waals surface area (Å²) in [4.78, 5) is 37.0. The number of nitrogens with zero attached hydrogens (tertiary/aromatic N) is 3. The van der Waals surface area contributed by atoms with Gasteiger partial charge in [0.2, 0.25) is 11.8 Å². The Morgan fingerprint density at radius 2 is 1.79 bits per heavy atom. The van der Waals surface area contributed by atoms with Gasteiger partial charge in [-0.3, -0.25) is 19.4 Å². The molecular weight excluding hydrogens is 354 g/mol. The number of piperidine rings is 1. The van der Waals surface area contributed by atoms with Gasteiger partial charge in [-0.05, 0) is 36.5 Å². The van der Waals surface area contributed by atoms with Crippen molar-refractivity contribution in [3.8, 4) is 0 Å². The average molecular weight is 379 g/mol. The summed E-state index contributed by atoms with van der Waals surface area (Å²) in [6, 6.07) is 13.6. The van der Waals surface area contributed by atoms with Crippen molar-refractivity contribution in [1.29, 1.82) is 0 Å². The number of carbonyl (C=O) groups excluding carboxylic acids is 2. The highest BCUT2D eigenvalue weighted by molar-refractivity contribution is 5.80. The Kier molecular flexibility index (Phi) is 5.39. The van der Waals surface area contributed by atoms with Crippen molar-refractivity contribution < 1.29 is 14.4 Å². The Bertz CT molecular complexity index is 817. The number of hydrogen-bond donors (Lipinski definition) is 0. The predicted octanol–water partition coefficient (Wildman–Crippen LogP) is 2.74. The lowest BCUT2D eigenvalue weighted by Crippen LogP contribution is -2.54. The van der Waals surface area contributed by atoms with Crippen LogP contribution in [0, 0.1) is 0 Å². The van der Waals surface area contributed by atoms with E-state index in [1.165, 1.54) is 0 Å². The van der Waals surface area contributed by atoms with Gasteiger partial charge in [0.05, 0.1) is 12.0 Å². The monoisotopic (exact) mass is 379 g/mol. The minimum absolute atomic E-state index is 0.0473. The summed E-state index contributed by atoms with van der Waals surface area (Å²) in [5, 5.41) is 1.61. The van der Waals surface area contributed by atoms with Crippen LogP contribution in [-0.2, 0) is 27.5 Å². The first-order chi connectivity index (χ1) is 13.7. The zero-order valence-electron chi connectivity index (χ0n) is 15.9. The average Bonchev–Trinajstić information content (AvgIpc) is 3.03. The lowest BCUT2D eigenvalue weighted by molar-refractivity contribution is -0.222. The van der Waals surface area contributed by atoms with Crippen LogP contribution in [0.5, 0.6) is 0 Å². The van der Waals surface area contributed by atoms with Crippen molar-refractivity contribution in [2.24, 2.45) is 0 Å². The SMILES string of the molecule is O=C(Cc1cccnc1)N1CCC2(CCC(=O)N2OCc2ccccc2)CC1. The molecule has 146 valence electrons. The summed E-state index contributed by atoms with van der Waals surface area (Å²) >= 11 is 0. The standard InChI is InChI=1S/C22H25N3O3/c26-20-8-9-22(25(20)28-17-18-5-2-1-3-6-18)10-13-24(14-11-22)21(27)15-19-7-4-12-23-16-19/h1-7,12,16H,8-11,13-15,17H2. The third kappa shape index (κ3) is 3.92. The Balaban J connectivity index is 1.36. The first kappa shape index (κ1) is 18.6. The van der Waals surface area contributed by atoms with Crippen molar-refractivity contribution in [3.05, 3.63) is 66.0 Å². The Morgan fingerprint density at radius 3 is 2.50 bits per heavy atom. The zero-order chi connectivity index (χ0) is 19.4. The van der Waals surface area contributed by atoms with E-state index in [0.29, 0.717) is 32.5 Å². The molecule has 2 saturated heterocycles. The number of hydrogen-bond acceptors (Lipinski definition) is 4. The van der Waals surface area contributed by atoms with Crippen LogP contribution >= 0.6 is 0 Å². The van der Waals surface area contributed by atoms with Gasteiger partial charge in [0.25, 0.3) is 0 Å². The van der Waals surface area contributed by atoms with Crippen LogP contribution in [0.3, 0.4) is 0 Å². The zero-order valence-corrected chi connectivity index (χ0v) is 15.9. The van der Waals surface area contributed by atoms with E-state index in [0.717, 1.165) is 30.4 Å². The lowest BCUT2D eigenvalue weighted by atomic mass is 9.86. The van der Waals surface area contributed by atoms with Crippen LogP contribution in [0.2, 0.25) is 0 Å². The number of hydroxylamine groups is 2. The fraction of sp³-hybridized carbons (Fsp3) is 0.409. The minimum atomic E-state index is -0.281. The molecule has 1 spiro atoms. The summed E-state index contributed by atoms with van der Waals surface area (Å²) in [7, 11) is 0. The molecule has 3 heterocycles. The van der Waals surface area contributed by atoms with E-state index < -0.39 is 0 Å². The van der Waals surface area contributed by atoms with Crippen LogP contribution < -0.4 is 0 Å². The molecule has 2 amide bonds. The number of pyridine rings is 1. The molecule has 0 aliphatic carbocycles. The summed E-state index contributed by atoms with van der Waals surface area (Å²) in [6.45, 7) is 1.69. The van der Waals surface area contributed by atoms with Gasteiger partial charge >= 0.3 is 0 Å². The van der Waals surface area contributed by atoms with Crippen molar-refractivity contribution in [1.82, 2.24) is 14.9 Å². The molecule has 0 unspecified atom stereocenters. The van der Waals surface area contributed by atoms with Crippen LogP contribution in [0.15, 0.2) is 54.9 Å². The third-order valence-electron chi connectivity index (χ3n) is 5.79. The highest BCUT2D eigenvalue weighted by atomic mass is 16.7. The number of carbonyl (C=O) groups is 2. The van der Waals surface area contributed by atoms with Gasteiger partial charge in [0.15, 0.2) is 0 Å². The second-order valence-corrected chi connectivity index (χ2v) is 7.59. The Hall–Kier alpha value is -2.73. The molecule has 1 aromatic carbocycles. The smallest absolute Gasteiger partial charge is 0.246 e. The molecule has 0 radical (unpaired) electrons. The van der Waals surface area contributed by atoms with Gasteiger partial charge in [0, 0.05) is 31.9 Å². The molecule has 6 nitrogen and oxygen atoms in total. The van der Waals surface area contributed by atoms with Crippen molar-refractivity contribution >= 4 is 11.8 Å². The van der Waals surface area contributed by atoms with Gasteiger partial charge in [-0.2, -0.15) is 0 Å². The molecular formula is C22H25N3O3. The largest absolute Gasteiger partial charge is 0.342 e. The first-order valence-corrected chi connectivity index (χ1v) is 9.83. The van der Waals surface area contributed by atoms with E-state index in [9.17, 15) is 9.59 Å². The van der Waals surface area contributed by atoms with Crippen molar-refractivity contribution in [2.45, 2.75) is 44.2 Å². The van der Waals surface area contributed by atoms with E-state index in [2.05, 4.69) is 4.98 Å². The summed E-state index contributed by atoms with van der Waals surface area (Å²) in [5.41, 5.74) is 1.69. The van der Waals surface area contributed by atoms with E-state index in [-0.39, 0.29) is 17.4 Å². The number of aromatic nitrogens is 1. The molecule has 6 heteroatoms. The maximum Gasteiger partial charge on any atom is 0.246 e. The Morgan fingerprint density at radius 1 is 1.04 bits per heavy atom. The summed E-state index contributed by atoms with van der Waals surface area (Å²) in [6.07, 6.45) is 6.63. The molecule has 0 N–H and O–H groups in total. The number of likely N-dealkylation sites (tertiary alicyclic amines) is 1. The normalized spacial score (nSPS) is 18.6. The molecule has 4 rings (SSSR count). The third-order valence-corrected chi connectivity index (χ3v) is 5.79. The van der Waals surface area contributed by atoms with Gasteiger partial charge < -0.3 is 4.90 Å². The maximum absolute atomic E-state index is 12.6. The summed E-state index contributed by atoms with van der Waals surface area (Å²) < 4.78 is 0. The second kappa shape index (κ2) is 8.10. The molecule has 2 aromatic rings. The lowest BCUT2D eigenvalue weighted by Gasteiger charge is -2.43. The molecule has 1 aromatic heterocycles. The summed E-state index contributed by atoms with van der Waals surface area (Å²) in [5.74, 6) is 0.162. The molecule has 2 aliphatic heterocycles. The van der Waals surface area contributed by atoms with Crippen molar-refractivity contribution in [3.63, 3.8) is 0 Å². The van der Waals surface area contributed by atoms with E-state index in [1.54, 1.807) is 17.5 Å². The van der Waals surface area contributed by atoms with E-state index in [1.807, 2.05) is 47.4 Å². The maximum atomic E-state index is 12.6. The van der Waals surface area contributed by atoms with Gasteiger partial charge in [-0.1, -0.05) is 36.4 Å². The fourth-order valence-corrected chi connectivity index (χ4v) is 4.14. The molecule has 28 heavy (non-hydrogen) atoms. The van der Waals surface area contributed by atoms with Crippen LogP contribution in [-0.4, -0.2) is 45.4 Å². The molecule has 2 fully saturated rings. The fourth-order valence-electron chi connectivity index (χ4n) is 4.14. The van der Waals surface area contributed by atoms with E-state index >= 15 is 0 Å². The van der Waals surface area contributed by atoms with Crippen LogP contribution in [0.4, 0.5) is 0 Å². The molecule has 0 atom stereocenters. The van der Waals surface area contributed by atoms with Gasteiger partial charge in [-0.15, -0.1) is 0 Å².